The van der Waals surface area contributed by atoms with Crippen molar-refractivity contribution in [3.63, 3.8) is 0 Å². The molecule has 0 aliphatic carbocycles. The van der Waals surface area contributed by atoms with Gasteiger partial charge in [-0.1, -0.05) is 0 Å². The number of halogens is 1. The summed E-state index contributed by atoms with van der Waals surface area (Å²) in [6.07, 6.45) is 0.994. The van der Waals surface area contributed by atoms with Gasteiger partial charge in [0.15, 0.2) is 6.20 Å². The van der Waals surface area contributed by atoms with Gasteiger partial charge >= 0.3 is 5.82 Å². The maximum Gasteiger partial charge on any atom is 0.363 e. The Morgan fingerprint density at radius 2 is 2.19 bits per heavy atom. The Bertz CT molecular complexity index is 758. The highest BCUT2D eigenvalue weighted by Crippen LogP contribution is 2.23. The molecule has 0 spiro atoms. The van der Waals surface area contributed by atoms with Crippen LogP contribution in [0.1, 0.15) is 4.88 Å². The minimum absolute atomic E-state index is 0.0776. The third-order valence-electron chi connectivity index (χ3n) is 2.62. The van der Waals surface area contributed by atoms with Crippen molar-refractivity contribution in [3.8, 4) is 0 Å². The molecule has 0 aromatic carbocycles. The number of hydrogen-bond acceptors (Lipinski definition) is 6. The molecule has 0 aliphatic rings. The van der Waals surface area contributed by atoms with Crippen LogP contribution in [-0.2, 0) is 16.6 Å². The first-order chi connectivity index (χ1) is 9.80. The zero-order valence-corrected chi connectivity index (χ0v) is 14.0. The summed E-state index contributed by atoms with van der Waals surface area (Å²) >= 11 is 4.75. The molecule has 2 aromatic rings. The predicted octanol–water partition coefficient (Wildman–Crippen LogP) is 2.63. The second-order valence-corrected chi connectivity index (χ2v) is 8.06. The van der Waals surface area contributed by atoms with Crippen LogP contribution in [0.2, 0.25) is 0 Å². The van der Waals surface area contributed by atoms with Gasteiger partial charge in [0, 0.05) is 34.4 Å². The fourth-order valence-corrected chi connectivity index (χ4v) is 4.23. The molecule has 2 aromatic heterocycles. The fourth-order valence-electron chi connectivity index (χ4n) is 1.55. The summed E-state index contributed by atoms with van der Waals surface area (Å²) in [6.45, 7) is 0.218. The second-order valence-electron chi connectivity index (χ2n) is 4.10. The zero-order chi connectivity index (χ0) is 15.6. The van der Waals surface area contributed by atoms with Gasteiger partial charge in [-0.25, -0.2) is 8.42 Å². The monoisotopic (exact) mass is 391 g/mol. The van der Waals surface area contributed by atoms with Crippen LogP contribution in [0.4, 0.5) is 5.82 Å². The molecule has 7 nitrogen and oxygen atoms in total. The molecule has 2 rings (SSSR count). The first-order valence-corrected chi connectivity index (χ1v) is 8.71. The fraction of sp³-hybridized carbons (Fsp3) is 0.182. The third kappa shape index (κ3) is 3.64. The zero-order valence-electron chi connectivity index (χ0n) is 10.8. The van der Waals surface area contributed by atoms with E-state index in [1.165, 1.54) is 28.8 Å². The quantitative estimate of drug-likeness (QED) is 0.576. The smallest absolute Gasteiger partial charge is 0.358 e. The molecule has 0 bridgehead atoms. The summed E-state index contributed by atoms with van der Waals surface area (Å²) in [5.74, 6) is -0.390. The summed E-state index contributed by atoms with van der Waals surface area (Å²) in [4.78, 5) is 14.2. The van der Waals surface area contributed by atoms with Crippen LogP contribution >= 0.6 is 27.3 Å². The number of nitrogens with zero attached hydrogens (tertiary/aromatic N) is 3. The van der Waals surface area contributed by atoms with E-state index in [1.807, 2.05) is 11.4 Å². The lowest BCUT2D eigenvalue weighted by Crippen LogP contribution is -2.26. The number of hydrogen-bond donors (Lipinski definition) is 0. The minimum atomic E-state index is -3.73. The van der Waals surface area contributed by atoms with Crippen molar-refractivity contribution in [1.82, 2.24) is 9.29 Å². The number of sulfonamides is 1. The lowest BCUT2D eigenvalue weighted by Gasteiger charge is -2.15. The van der Waals surface area contributed by atoms with Crippen LogP contribution in [0.3, 0.4) is 0 Å². The van der Waals surface area contributed by atoms with E-state index in [0.717, 1.165) is 21.6 Å². The normalized spacial score (nSPS) is 11.8. The molecule has 0 saturated carbocycles. The van der Waals surface area contributed by atoms with Gasteiger partial charge in [0.1, 0.15) is 4.90 Å². The van der Waals surface area contributed by atoms with Gasteiger partial charge < -0.3 is 10.1 Å². The molecule has 0 atom stereocenters. The lowest BCUT2D eigenvalue weighted by atomic mass is 10.5. The summed E-state index contributed by atoms with van der Waals surface area (Å²) in [6, 6.07) is 4.09. The summed E-state index contributed by atoms with van der Waals surface area (Å²) in [5, 5.41) is 12.4. The highest BCUT2D eigenvalue weighted by Gasteiger charge is 2.24. The molecule has 0 saturated heterocycles. The minimum Gasteiger partial charge on any atom is -0.358 e. The van der Waals surface area contributed by atoms with E-state index in [1.54, 1.807) is 0 Å². The predicted molar refractivity (Wildman–Crippen MR) is 81.6 cm³/mol. The van der Waals surface area contributed by atoms with Crippen molar-refractivity contribution in [2.24, 2.45) is 0 Å². The topological polar surface area (TPSA) is 93.4 Å². The molecule has 0 amide bonds. The second kappa shape index (κ2) is 6.18. The maximum atomic E-state index is 12.3. The number of pyridine rings is 1. The number of aromatic nitrogens is 1. The average Bonchev–Trinajstić information content (AvgIpc) is 2.84. The SMILES string of the molecule is CN(Cc1cc(Br)cs1)S(=O)(=O)c1ccc([N+](=O)[O-])nc1. The molecule has 112 valence electrons. The third-order valence-corrected chi connectivity index (χ3v) is 6.09. The number of thiophene rings is 1. The molecule has 0 fully saturated rings. The average molecular weight is 392 g/mol. The summed E-state index contributed by atoms with van der Waals surface area (Å²) in [5.41, 5.74) is 0. The van der Waals surface area contributed by atoms with Gasteiger partial charge in [0.2, 0.25) is 10.0 Å². The van der Waals surface area contributed by atoms with Gasteiger partial charge in [0.25, 0.3) is 0 Å². The van der Waals surface area contributed by atoms with Gasteiger partial charge in [0.05, 0.1) is 0 Å². The van der Waals surface area contributed by atoms with Gasteiger partial charge in [-0.3, -0.25) is 0 Å². The van der Waals surface area contributed by atoms with Crippen LogP contribution in [0, 0.1) is 10.1 Å². The Labute approximate surface area is 133 Å². The van der Waals surface area contributed by atoms with E-state index in [-0.39, 0.29) is 11.4 Å². The molecular weight excluding hydrogens is 382 g/mol. The molecule has 0 aliphatic heterocycles. The van der Waals surface area contributed by atoms with Crippen molar-refractivity contribution in [2.45, 2.75) is 11.4 Å². The van der Waals surface area contributed by atoms with E-state index in [2.05, 4.69) is 20.9 Å². The molecule has 0 N–H and O–H groups in total. The highest BCUT2D eigenvalue weighted by atomic mass is 79.9. The van der Waals surface area contributed by atoms with Crippen molar-refractivity contribution >= 4 is 43.1 Å². The van der Waals surface area contributed by atoms with Crippen LogP contribution in [0.25, 0.3) is 0 Å². The Kier molecular flexibility index (Phi) is 4.71. The molecule has 21 heavy (non-hydrogen) atoms. The molecule has 10 heteroatoms. The summed E-state index contributed by atoms with van der Waals surface area (Å²) in [7, 11) is -2.28. The maximum absolute atomic E-state index is 12.3. The van der Waals surface area contributed by atoms with Crippen LogP contribution in [0.15, 0.2) is 39.1 Å². The van der Waals surface area contributed by atoms with E-state index in [4.69, 9.17) is 0 Å². The van der Waals surface area contributed by atoms with Crippen molar-refractivity contribution < 1.29 is 13.3 Å². The Morgan fingerprint density at radius 1 is 1.48 bits per heavy atom. The number of rotatable bonds is 5. The molecule has 0 unspecified atom stereocenters. The summed E-state index contributed by atoms with van der Waals surface area (Å²) < 4.78 is 26.7. The Hall–Kier alpha value is -1.36. The first kappa shape index (κ1) is 16.0. The van der Waals surface area contributed by atoms with E-state index in [9.17, 15) is 18.5 Å². The van der Waals surface area contributed by atoms with Crippen molar-refractivity contribution in [1.29, 1.82) is 0 Å². The molecule has 2 heterocycles. The van der Waals surface area contributed by atoms with E-state index < -0.39 is 20.8 Å². The van der Waals surface area contributed by atoms with Crippen LogP contribution in [0.5, 0.6) is 0 Å². The lowest BCUT2D eigenvalue weighted by molar-refractivity contribution is -0.389. The van der Waals surface area contributed by atoms with E-state index in [0.29, 0.717) is 0 Å². The first-order valence-electron chi connectivity index (χ1n) is 5.60. The van der Waals surface area contributed by atoms with Crippen molar-refractivity contribution in [3.05, 3.63) is 49.2 Å². The van der Waals surface area contributed by atoms with Crippen LogP contribution in [-0.4, -0.2) is 29.7 Å². The van der Waals surface area contributed by atoms with Gasteiger partial charge in [-0.15, -0.1) is 11.3 Å². The van der Waals surface area contributed by atoms with E-state index >= 15 is 0 Å². The Morgan fingerprint density at radius 3 is 2.67 bits per heavy atom. The number of nitro groups is 1. The largest absolute Gasteiger partial charge is 0.363 e. The Balaban J connectivity index is 2.22. The standard InChI is InChI=1S/C11H10BrN3O4S2/c1-14(6-9-4-8(12)7-20-9)21(18,19)10-2-3-11(13-5-10)15(16)17/h2-5,7H,6H2,1H3. The van der Waals surface area contributed by atoms with Crippen LogP contribution < -0.4 is 0 Å². The molecular formula is C11H10BrN3O4S2. The van der Waals surface area contributed by atoms with Gasteiger partial charge in [-0.05, 0) is 38.0 Å². The highest BCUT2D eigenvalue weighted by molar-refractivity contribution is 9.10. The van der Waals surface area contributed by atoms with Gasteiger partial charge in [-0.2, -0.15) is 4.31 Å². The van der Waals surface area contributed by atoms with Crippen molar-refractivity contribution in [2.75, 3.05) is 7.05 Å². The molecule has 0 radical (unpaired) electrons.